The zero-order valence-electron chi connectivity index (χ0n) is 17.4. The predicted octanol–water partition coefficient (Wildman–Crippen LogP) is 3.98. The minimum atomic E-state index is 0.242. The molecule has 0 amide bonds. The number of aromatic nitrogens is 3. The van der Waals surface area contributed by atoms with Gasteiger partial charge in [0.1, 0.15) is 0 Å². The Bertz CT molecular complexity index is 1240. The van der Waals surface area contributed by atoms with Crippen LogP contribution < -0.4 is 28.6 Å². The van der Waals surface area contributed by atoms with Crippen LogP contribution in [-0.2, 0) is 0 Å². The van der Waals surface area contributed by atoms with Gasteiger partial charge in [0.15, 0.2) is 23.0 Å². The van der Waals surface area contributed by atoms with Crippen molar-refractivity contribution >= 4 is 27.1 Å². The number of imidazole rings is 1. The van der Waals surface area contributed by atoms with Gasteiger partial charge in [0.05, 0.1) is 33.2 Å². The first-order valence-corrected chi connectivity index (χ1v) is 10.2. The Morgan fingerprint density at radius 1 is 1.00 bits per heavy atom. The molecule has 0 atom stereocenters. The standard InChI is InChI=1S/C21H20N4O5S/c1-24(13-5-6-15-16(9-13)30-11-29-15)21-23-25-14(10-22-20(25)31-21)12-7-17(26-2)19(28-4)18(8-12)27-3/h5-10H,11H2,1-4H3. The molecule has 3 heterocycles. The number of benzene rings is 2. The molecule has 5 rings (SSSR count). The molecule has 0 radical (unpaired) electrons. The number of hydrogen-bond donors (Lipinski definition) is 0. The zero-order valence-corrected chi connectivity index (χ0v) is 18.2. The van der Waals surface area contributed by atoms with Crippen molar-refractivity contribution in [2.45, 2.75) is 0 Å². The second-order valence-electron chi connectivity index (χ2n) is 6.73. The van der Waals surface area contributed by atoms with Crippen LogP contribution >= 0.6 is 11.3 Å². The third-order valence-corrected chi connectivity index (χ3v) is 6.06. The minimum Gasteiger partial charge on any atom is -0.493 e. The Balaban J connectivity index is 1.54. The van der Waals surface area contributed by atoms with Crippen LogP contribution in [0.25, 0.3) is 16.2 Å². The fourth-order valence-electron chi connectivity index (χ4n) is 3.45. The normalized spacial score (nSPS) is 12.3. The molecule has 31 heavy (non-hydrogen) atoms. The van der Waals surface area contributed by atoms with Gasteiger partial charge in [-0.25, -0.2) is 9.50 Å². The van der Waals surface area contributed by atoms with Gasteiger partial charge in [0, 0.05) is 24.4 Å². The molecule has 1 aliphatic rings. The maximum atomic E-state index is 5.49. The van der Waals surface area contributed by atoms with Gasteiger partial charge < -0.3 is 28.6 Å². The van der Waals surface area contributed by atoms with Crippen LogP contribution in [0.1, 0.15) is 0 Å². The zero-order chi connectivity index (χ0) is 21.5. The smallest absolute Gasteiger partial charge is 0.231 e. The summed E-state index contributed by atoms with van der Waals surface area (Å²) in [5, 5.41) is 5.57. The summed E-state index contributed by atoms with van der Waals surface area (Å²) in [6, 6.07) is 9.56. The summed E-state index contributed by atoms with van der Waals surface area (Å²) in [7, 11) is 6.72. The lowest BCUT2D eigenvalue weighted by atomic mass is 10.1. The molecule has 10 heteroatoms. The van der Waals surface area contributed by atoms with Crippen LogP contribution in [0.5, 0.6) is 28.7 Å². The molecule has 0 fully saturated rings. The number of ether oxygens (including phenoxy) is 5. The molecule has 9 nitrogen and oxygen atoms in total. The Morgan fingerprint density at radius 3 is 2.45 bits per heavy atom. The van der Waals surface area contributed by atoms with Gasteiger partial charge in [-0.05, 0) is 24.3 Å². The third kappa shape index (κ3) is 3.15. The molecule has 0 saturated heterocycles. The molecule has 0 unspecified atom stereocenters. The first-order valence-electron chi connectivity index (χ1n) is 9.41. The van der Waals surface area contributed by atoms with Gasteiger partial charge in [0.25, 0.3) is 0 Å². The van der Waals surface area contributed by atoms with E-state index in [0.29, 0.717) is 17.2 Å². The number of hydrogen-bond acceptors (Lipinski definition) is 9. The van der Waals surface area contributed by atoms with Gasteiger partial charge in [0.2, 0.25) is 22.6 Å². The first-order chi connectivity index (χ1) is 15.1. The molecule has 2 aromatic carbocycles. The molecular weight excluding hydrogens is 420 g/mol. The lowest BCUT2D eigenvalue weighted by molar-refractivity contribution is 0.174. The van der Waals surface area contributed by atoms with E-state index in [0.717, 1.165) is 38.5 Å². The van der Waals surface area contributed by atoms with Gasteiger partial charge >= 0.3 is 0 Å². The van der Waals surface area contributed by atoms with Gasteiger partial charge in [-0.2, -0.15) is 0 Å². The molecule has 4 aromatic rings. The van der Waals surface area contributed by atoms with E-state index in [-0.39, 0.29) is 6.79 Å². The molecule has 0 saturated carbocycles. The van der Waals surface area contributed by atoms with Gasteiger partial charge in [-0.15, -0.1) is 5.10 Å². The van der Waals surface area contributed by atoms with Crippen molar-refractivity contribution in [2.75, 3.05) is 40.1 Å². The Morgan fingerprint density at radius 2 is 1.74 bits per heavy atom. The molecule has 0 spiro atoms. The summed E-state index contributed by atoms with van der Waals surface area (Å²) in [4.78, 5) is 7.29. The molecular formula is C21H20N4O5S. The number of rotatable bonds is 6. The van der Waals surface area contributed by atoms with Crippen molar-refractivity contribution in [3.8, 4) is 40.0 Å². The Kier molecular flexibility index (Phi) is 4.70. The van der Waals surface area contributed by atoms with E-state index in [1.54, 1.807) is 27.5 Å². The maximum absolute atomic E-state index is 5.49. The van der Waals surface area contributed by atoms with Crippen molar-refractivity contribution in [1.82, 2.24) is 14.6 Å². The van der Waals surface area contributed by atoms with E-state index < -0.39 is 0 Å². The predicted molar refractivity (Wildman–Crippen MR) is 117 cm³/mol. The van der Waals surface area contributed by atoms with Crippen LogP contribution in [0, 0.1) is 0 Å². The van der Waals surface area contributed by atoms with Crippen LogP contribution in [0.3, 0.4) is 0 Å². The lowest BCUT2D eigenvalue weighted by Gasteiger charge is -2.15. The highest BCUT2D eigenvalue weighted by Gasteiger charge is 2.20. The number of fused-ring (bicyclic) bond motifs is 2. The summed E-state index contributed by atoms with van der Waals surface area (Å²) in [5.41, 5.74) is 2.61. The van der Waals surface area contributed by atoms with Crippen LogP contribution in [0.2, 0.25) is 0 Å². The van der Waals surface area contributed by atoms with Crippen LogP contribution in [0.4, 0.5) is 10.8 Å². The van der Waals surface area contributed by atoms with Crippen LogP contribution in [-0.4, -0.2) is 49.8 Å². The molecule has 0 aliphatic carbocycles. The second kappa shape index (κ2) is 7.55. The van der Waals surface area contributed by atoms with Crippen molar-refractivity contribution in [2.24, 2.45) is 0 Å². The van der Waals surface area contributed by atoms with Gasteiger partial charge in [-0.1, -0.05) is 11.3 Å². The monoisotopic (exact) mass is 440 g/mol. The quantitative estimate of drug-likeness (QED) is 0.446. The molecule has 1 aliphatic heterocycles. The average Bonchev–Trinajstić information content (AvgIpc) is 3.52. The topological polar surface area (TPSA) is 79.6 Å². The third-order valence-electron chi connectivity index (χ3n) is 5.07. The largest absolute Gasteiger partial charge is 0.493 e. The van der Waals surface area contributed by atoms with E-state index >= 15 is 0 Å². The fourth-order valence-corrected chi connectivity index (χ4v) is 4.31. The summed E-state index contributed by atoms with van der Waals surface area (Å²) in [6.45, 7) is 0.242. The Hall–Kier alpha value is -3.66. The van der Waals surface area contributed by atoms with E-state index in [1.807, 2.05) is 46.8 Å². The van der Waals surface area contributed by atoms with E-state index in [9.17, 15) is 0 Å². The minimum absolute atomic E-state index is 0.242. The maximum Gasteiger partial charge on any atom is 0.231 e. The highest BCUT2D eigenvalue weighted by molar-refractivity contribution is 7.20. The molecule has 160 valence electrons. The number of nitrogens with zero attached hydrogens (tertiary/aromatic N) is 4. The number of methoxy groups -OCH3 is 3. The number of anilines is 2. The van der Waals surface area contributed by atoms with Crippen molar-refractivity contribution < 1.29 is 23.7 Å². The first kappa shape index (κ1) is 19.3. The lowest BCUT2D eigenvalue weighted by Crippen LogP contribution is -2.09. The van der Waals surface area contributed by atoms with Crippen molar-refractivity contribution in [3.63, 3.8) is 0 Å². The molecule has 0 bridgehead atoms. The average molecular weight is 440 g/mol. The molecule has 0 N–H and O–H groups in total. The molecule has 2 aromatic heterocycles. The van der Waals surface area contributed by atoms with E-state index in [1.165, 1.54) is 11.3 Å². The van der Waals surface area contributed by atoms with Crippen molar-refractivity contribution in [1.29, 1.82) is 0 Å². The summed E-state index contributed by atoms with van der Waals surface area (Å²) < 4.78 is 29.1. The fraction of sp³-hybridized carbons (Fsp3) is 0.238. The second-order valence-corrected chi connectivity index (χ2v) is 7.67. The summed E-state index contributed by atoms with van der Waals surface area (Å²) >= 11 is 1.48. The SMILES string of the molecule is COc1cc(-c2cnc3sc(N(C)c4ccc5c(c4)OCO5)nn23)cc(OC)c1OC. The van der Waals surface area contributed by atoms with Crippen LogP contribution in [0.15, 0.2) is 36.5 Å². The highest BCUT2D eigenvalue weighted by Crippen LogP contribution is 2.42. The summed E-state index contributed by atoms with van der Waals surface area (Å²) in [6.07, 6.45) is 1.78. The Labute approximate surface area is 182 Å². The van der Waals surface area contributed by atoms with Crippen molar-refractivity contribution in [3.05, 3.63) is 36.5 Å². The summed E-state index contributed by atoms with van der Waals surface area (Å²) in [5.74, 6) is 3.15. The highest BCUT2D eigenvalue weighted by atomic mass is 32.1. The van der Waals surface area contributed by atoms with E-state index in [2.05, 4.69) is 4.98 Å². The van der Waals surface area contributed by atoms with Gasteiger partial charge in [-0.3, -0.25) is 0 Å². The van der Waals surface area contributed by atoms with E-state index in [4.69, 9.17) is 28.8 Å².